The number of halogens is 1. The van der Waals surface area contributed by atoms with Gasteiger partial charge in [0.15, 0.2) is 11.5 Å². The van der Waals surface area contributed by atoms with Crippen LogP contribution in [0.15, 0.2) is 70.2 Å². The van der Waals surface area contributed by atoms with Crippen molar-refractivity contribution in [2.45, 2.75) is 24.7 Å². The van der Waals surface area contributed by atoms with E-state index in [0.717, 1.165) is 5.56 Å². The highest BCUT2D eigenvalue weighted by Gasteiger charge is 2.37. The molecule has 166 valence electrons. The van der Waals surface area contributed by atoms with Crippen LogP contribution in [0.2, 0.25) is 5.02 Å². The normalized spacial score (nSPS) is 14.8. The monoisotopic (exact) mass is 478 g/mol. The summed E-state index contributed by atoms with van der Waals surface area (Å²) in [6, 6.07) is 18.5. The molecule has 0 aliphatic carbocycles. The first kappa shape index (κ1) is 21.5. The maximum atomic E-state index is 13.2. The highest BCUT2D eigenvalue weighted by molar-refractivity contribution is 7.98. The number of thioether (sulfide) groups is 1. The van der Waals surface area contributed by atoms with Crippen LogP contribution >= 0.6 is 23.4 Å². The molecule has 2 aromatic heterocycles. The van der Waals surface area contributed by atoms with Gasteiger partial charge in [-0.2, -0.15) is 4.98 Å². The van der Waals surface area contributed by atoms with Gasteiger partial charge >= 0.3 is 0 Å². The van der Waals surface area contributed by atoms with Gasteiger partial charge in [0.25, 0.3) is 0 Å². The standard InChI is InChI=1S/C24H19ClN4O3S/c1-3-20(30)29-17-11-7-5-9-15(17)21-22(26-24(33-2)28-27-21)32-23(29)19-13-12-18(31-19)14-8-4-6-10-16(14)25/h4-13,23H,3H2,1-2H3. The van der Waals surface area contributed by atoms with E-state index in [-0.39, 0.29) is 18.2 Å². The summed E-state index contributed by atoms with van der Waals surface area (Å²) in [5, 5.41) is 9.57. The molecule has 1 aliphatic heterocycles. The average Bonchev–Trinajstić information content (AvgIpc) is 3.28. The lowest BCUT2D eigenvalue weighted by Gasteiger charge is -2.29. The van der Waals surface area contributed by atoms with Gasteiger partial charge in [-0.1, -0.05) is 60.6 Å². The van der Waals surface area contributed by atoms with Crippen LogP contribution in [-0.4, -0.2) is 27.3 Å². The van der Waals surface area contributed by atoms with E-state index in [1.54, 1.807) is 24.0 Å². The van der Waals surface area contributed by atoms with Gasteiger partial charge < -0.3 is 9.15 Å². The van der Waals surface area contributed by atoms with E-state index in [1.165, 1.54) is 11.8 Å². The fourth-order valence-corrected chi connectivity index (χ4v) is 4.24. The molecular weight excluding hydrogens is 460 g/mol. The van der Waals surface area contributed by atoms with Crippen LogP contribution in [0.25, 0.3) is 22.6 Å². The third kappa shape index (κ3) is 3.85. The first-order chi connectivity index (χ1) is 16.1. The molecule has 0 saturated heterocycles. The molecule has 0 saturated carbocycles. The summed E-state index contributed by atoms with van der Waals surface area (Å²) in [7, 11) is 0. The SMILES string of the molecule is CCC(=O)N1c2ccccc2-c2nnc(SC)nc2OC1c1ccc(-c2ccccc2Cl)o1. The van der Waals surface area contributed by atoms with E-state index < -0.39 is 6.23 Å². The van der Waals surface area contributed by atoms with Crippen molar-refractivity contribution in [3.05, 3.63) is 71.4 Å². The second kappa shape index (κ2) is 8.88. The molecule has 9 heteroatoms. The molecule has 3 heterocycles. The number of carbonyl (C=O) groups is 1. The van der Waals surface area contributed by atoms with Crippen molar-refractivity contribution in [3.63, 3.8) is 0 Å². The number of furan rings is 1. The predicted molar refractivity (Wildman–Crippen MR) is 127 cm³/mol. The zero-order valence-electron chi connectivity index (χ0n) is 17.9. The molecule has 0 fully saturated rings. The number of amides is 1. The van der Waals surface area contributed by atoms with E-state index in [4.69, 9.17) is 20.8 Å². The van der Waals surface area contributed by atoms with Crippen molar-refractivity contribution in [1.29, 1.82) is 0 Å². The van der Waals surface area contributed by atoms with Gasteiger partial charge in [0.2, 0.25) is 23.2 Å². The number of carbonyl (C=O) groups excluding carboxylic acids is 1. The van der Waals surface area contributed by atoms with E-state index >= 15 is 0 Å². The Morgan fingerprint density at radius 1 is 1.06 bits per heavy atom. The molecule has 2 aromatic carbocycles. The van der Waals surface area contributed by atoms with Crippen LogP contribution in [0, 0.1) is 0 Å². The molecule has 1 unspecified atom stereocenters. The van der Waals surface area contributed by atoms with Crippen LogP contribution in [0.4, 0.5) is 5.69 Å². The second-order valence-electron chi connectivity index (χ2n) is 7.24. The lowest BCUT2D eigenvalue weighted by molar-refractivity contribution is -0.120. The smallest absolute Gasteiger partial charge is 0.247 e. The van der Waals surface area contributed by atoms with Crippen LogP contribution in [0.1, 0.15) is 25.3 Å². The zero-order chi connectivity index (χ0) is 22.9. The first-order valence-corrected chi connectivity index (χ1v) is 11.9. The van der Waals surface area contributed by atoms with Crippen LogP contribution in [0.3, 0.4) is 0 Å². The maximum absolute atomic E-state index is 13.2. The molecule has 0 bridgehead atoms. The Morgan fingerprint density at radius 2 is 1.82 bits per heavy atom. The largest absolute Gasteiger partial charge is 0.455 e. The van der Waals surface area contributed by atoms with E-state index in [9.17, 15) is 4.79 Å². The molecule has 0 spiro atoms. The summed E-state index contributed by atoms with van der Waals surface area (Å²) in [5.74, 6) is 1.17. The Labute approximate surface area is 199 Å². The topological polar surface area (TPSA) is 81.4 Å². The van der Waals surface area contributed by atoms with Crippen molar-refractivity contribution in [2.75, 3.05) is 11.2 Å². The van der Waals surface area contributed by atoms with Crippen LogP contribution in [0.5, 0.6) is 5.88 Å². The lowest BCUT2D eigenvalue weighted by Crippen LogP contribution is -2.37. The molecule has 4 aromatic rings. The number of nitrogens with zero attached hydrogens (tertiary/aromatic N) is 4. The van der Waals surface area contributed by atoms with Crippen molar-refractivity contribution >= 4 is 35.0 Å². The van der Waals surface area contributed by atoms with Crippen molar-refractivity contribution in [2.24, 2.45) is 0 Å². The molecule has 33 heavy (non-hydrogen) atoms. The van der Waals surface area contributed by atoms with Gasteiger partial charge in [-0.05, 0) is 36.6 Å². The average molecular weight is 479 g/mol. The van der Waals surface area contributed by atoms with Crippen molar-refractivity contribution in [3.8, 4) is 28.5 Å². The minimum atomic E-state index is -0.887. The van der Waals surface area contributed by atoms with Gasteiger partial charge in [0.1, 0.15) is 5.76 Å². The molecule has 5 rings (SSSR count). The Bertz CT molecular complexity index is 1340. The fraction of sp³-hybridized carbons (Fsp3) is 0.167. The lowest BCUT2D eigenvalue weighted by atomic mass is 10.1. The molecule has 0 radical (unpaired) electrons. The molecule has 0 N–H and O–H groups in total. The Hall–Kier alpha value is -3.36. The van der Waals surface area contributed by atoms with Crippen molar-refractivity contribution < 1.29 is 13.9 Å². The number of hydrogen-bond donors (Lipinski definition) is 0. The number of hydrogen-bond acceptors (Lipinski definition) is 7. The van der Waals surface area contributed by atoms with Gasteiger partial charge in [-0.25, -0.2) is 0 Å². The third-order valence-electron chi connectivity index (χ3n) is 5.27. The van der Waals surface area contributed by atoms with Gasteiger partial charge in [-0.15, -0.1) is 10.2 Å². The number of anilines is 1. The fourth-order valence-electron chi connectivity index (χ4n) is 3.72. The number of para-hydroxylation sites is 1. The van der Waals surface area contributed by atoms with Crippen molar-refractivity contribution in [1.82, 2.24) is 15.2 Å². The molecule has 1 aliphatic rings. The zero-order valence-corrected chi connectivity index (χ0v) is 19.4. The molecular formula is C24H19ClN4O3S. The first-order valence-electron chi connectivity index (χ1n) is 10.3. The Kier molecular flexibility index (Phi) is 5.78. The summed E-state index contributed by atoms with van der Waals surface area (Å²) in [6.07, 6.45) is 1.25. The minimum Gasteiger partial charge on any atom is -0.455 e. The molecule has 1 amide bonds. The molecule has 7 nitrogen and oxygen atoms in total. The number of aromatic nitrogens is 3. The number of fused-ring (bicyclic) bond motifs is 3. The van der Waals surface area contributed by atoms with Gasteiger partial charge in [-0.3, -0.25) is 9.69 Å². The Morgan fingerprint density at radius 3 is 2.58 bits per heavy atom. The number of rotatable bonds is 4. The maximum Gasteiger partial charge on any atom is 0.247 e. The Balaban J connectivity index is 1.69. The quantitative estimate of drug-likeness (QED) is 0.332. The van der Waals surface area contributed by atoms with Crippen LogP contribution in [-0.2, 0) is 4.79 Å². The predicted octanol–water partition coefficient (Wildman–Crippen LogP) is 6.01. The number of benzene rings is 2. The van der Waals surface area contributed by atoms with E-state index in [0.29, 0.717) is 38.6 Å². The third-order valence-corrected chi connectivity index (χ3v) is 6.14. The van der Waals surface area contributed by atoms with E-state index in [1.807, 2.05) is 54.8 Å². The summed E-state index contributed by atoms with van der Waals surface area (Å²) < 4.78 is 12.5. The highest BCUT2D eigenvalue weighted by atomic mass is 35.5. The summed E-state index contributed by atoms with van der Waals surface area (Å²) in [4.78, 5) is 19.3. The molecule has 1 atom stereocenters. The summed E-state index contributed by atoms with van der Waals surface area (Å²) >= 11 is 7.72. The second-order valence-corrected chi connectivity index (χ2v) is 8.42. The van der Waals surface area contributed by atoms with Gasteiger partial charge in [0, 0.05) is 17.5 Å². The minimum absolute atomic E-state index is 0.131. The summed E-state index contributed by atoms with van der Waals surface area (Å²) in [5.41, 5.74) is 2.58. The van der Waals surface area contributed by atoms with Gasteiger partial charge in [0.05, 0.1) is 10.7 Å². The highest BCUT2D eigenvalue weighted by Crippen LogP contribution is 2.44. The summed E-state index contributed by atoms with van der Waals surface area (Å²) in [6.45, 7) is 1.81. The van der Waals surface area contributed by atoms with E-state index in [2.05, 4.69) is 15.2 Å². The number of ether oxygens (including phenoxy) is 1. The van der Waals surface area contributed by atoms with Crippen LogP contribution < -0.4 is 9.64 Å².